The number of benzene rings is 1. The number of thiophene rings is 1. The predicted molar refractivity (Wildman–Crippen MR) is 96.6 cm³/mol. The Morgan fingerprint density at radius 1 is 1.12 bits per heavy atom. The van der Waals surface area contributed by atoms with Crippen LogP contribution in [0.4, 0.5) is 0 Å². The Labute approximate surface area is 149 Å². The molecule has 0 fully saturated rings. The molecule has 2 aromatic heterocycles. The normalized spacial score (nSPS) is 16.7. The second-order valence-corrected chi connectivity index (χ2v) is 7.17. The van der Waals surface area contributed by atoms with Gasteiger partial charge in [0.1, 0.15) is 0 Å². The number of fused-ring (bicyclic) bond motifs is 1. The van der Waals surface area contributed by atoms with Crippen LogP contribution in [0, 0.1) is 0 Å². The minimum atomic E-state index is -0.0637. The van der Waals surface area contributed by atoms with Gasteiger partial charge >= 0.3 is 0 Å². The third kappa shape index (κ3) is 2.72. The highest BCUT2D eigenvalue weighted by molar-refractivity contribution is 7.10. The zero-order valence-electron chi connectivity index (χ0n) is 12.9. The van der Waals surface area contributed by atoms with E-state index in [2.05, 4.69) is 16.4 Å². The van der Waals surface area contributed by atoms with Gasteiger partial charge in [0, 0.05) is 34.4 Å². The first-order chi connectivity index (χ1) is 11.7. The van der Waals surface area contributed by atoms with E-state index in [4.69, 9.17) is 11.6 Å². The molecule has 0 bridgehead atoms. The third-order valence-corrected chi connectivity index (χ3v) is 5.59. The van der Waals surface area contributed by atoms with Crippen molar-refractivity contribution in [1.29, 1.82) is 0 Å². The lowest BCUT2D eigenvalue weighted by Gasteiger charge is -2.36. The molecule has 1 atom stereocenters. The van der Waals surface area contributed by atoms with Crippen molar-refractivity contribution >= 4 is 28.8 Å². The Balaban J connectivity index is 1.76. The zero-order chi connectivity index (χ0) is 16.5. The SMILES string of the molecule is O=C(c1ccc(Cl)cc1)N1CCc2sccc2C1c1ccncc1. The van der Waals surface area contributed by atoms with Crippen molar-refractivity contribution < 1.29 is 4.79 Å². The molecule has 3 heterocycles. The fourth-order valence-corrected chi connectivity index (χ4v) is 4.23. The van der Waals surface area contributed by atoms with Crippen LogP contribution in [0.15, 0.2) is 60.2 Å². The van der Waals surface area contributed by atoms with Crippen molar-refractivity contribution in [2.24, 2.45) is 0 Å². The van der Waals surface area contributed by atoms with Crippen LogP contribution in [0.25, 0.3) is 0 Å². The first kappa shape index (κ1) is 15.4. The minimum Gasteiger partial charge on any atom is -0.327 e. The van der Waals surface area contributed by atoms with Gasteiger partial charge in [0.05, 0.1) is 6.04 Å². The number of rotatable bonds is 2. The smallest absolute Gasteiger partial charge is 0.254 e. The van der Waals surface area contributed by atoms with Crippen molar-refractivity contribution in [3.63, 3.8) is 0 Å². The van der Waals surface area contributed by atoms with Crippen molar-refractivity contribution in [2.45, 2.75) is 12.5 Å². The maximum Gasteiger partial charge on any atom is 0.254 e. The summed E-state index contributed by atoms with van der Waals surface area (Å²) < 4.78 is 0. The highest BCUT2D eigenvalue weighted by atomic mass is 35.5. The highest BCUT2D eigenvalue weighted by Crippen LogP contribution is 2.38. The topological polar surface area (TPSA) is 33.2 Å². The van der Waals surface area contributed by atoms with E-state index in [-0.39, 0.29) is 11.9 Å². The number of hydrogen-bond acceptors (Lipinski definition) is 3. The van der Waals surface area contributed by atoms with Gasteiger partial charge in [-0.2, -0.15) is 0 Å². The van der Waals surface area contributed by atoms with Crippen molar-refractivity contribution in [2.75, 3.05) is 6.54 Å². The van der Waals surface area contributed by atoms with Gasteiger partial charge < -0.3 is 4.90 Å². The van der Waals surface area contributed by atoms with Gasteiger partial charge in [-0.05, 0) is 65.4 Å². The summed E-state index contributed by atoms with van der Waals surface area (Å²) in [6.45, 7) is 0.710. The van der Waals surface area contributed by atoms with Gasteiger partial charge in [0.15, 0.2) is 0 Å². The maximum absolute atomic E-state index is 13.1. The maximum atomic E-state index is 13.1. The van der Waals surface area contributed by atoms with E-state index in [0.717, 1.165) is 12.0 Å². The lowest BCUT2D eigenvalue weighted by Crippen LogP contribution is -2.40. The fourth-order valence-electron chi connectivity index (χ4n) is 3.20. The van der Waals surface area contributed by atoms with Crippen LogP contribution in [0.3, 0.4) is 0 Å². The molecule has 3 nitrogen and oxygen atoms in total. The quantitative estimate of drug-likeness (QED) is 0.674. The number of hydrogen-bond donors (Lipinski definition) is 0. The molecule has 1 amide bonds. The molecule has 5 heteroatoms. The number of carbonyl (C=O) groups is 1. The summed E-state index contributed by atoms with van der Waals surface area (Å²) in [6, 6.07) is 13.1. The molecule has 4 rings (SSSR count). The molecule has 1 aromatic carbocycles. The summed E-state index contributed by atoms with van der Waals surface area (Å²) in [6.07, 6.45) is 4.45. The molecule has 0 saturated heterocycles. The van der Waals surface area contributed by atoms with E-state index >= 15 is 0 Å². The van der Waals surface area contributed by atoms with Crippen LogP contribution in [0.1, 0.15) is 32.4 Å². The number of carbonyl (C=O) groups excluding carboxylic acids is 1. The number of aromatic nitrogens is 1. The van der Waals surface area contributed by atoms with Crippen molar-refractivity contribution in [3.05, 3.63) is 86.8 Å². The van der Waals surface area contributed by atoms with E-state index in [1.165, 1.54) is 10.4 Å². The second kappa shape index (κ2) is 6.38. The lowest BCUT2D eigenvalue weighted by molar-refractivity contribution is 0.0696. The van der Waals surface area contributed by atoms with Crippen LogP contribution < -0.4 is 0 Å². The predicted octanol–water partition coefficient (Wildman–Crippen LogP) is 4.58. The van der Waals surface area contributed by atoms with E-state index in [0.29, 0.717) is 17.1 Å². The first-order valence-electron chi connectivity index (χ1n) is 7.77. The van der Waals surface area contributed by atoms with Gasteiger partial charge in [-0.1, -0.05) is 11.6 Å². The molecule has 0 radical (unpaired) electrons. The summed E-state index contributed by atoms with van der Waals surface area (Å²) in [5.74, 6) is 0.0327. The van der Waals surface area contributed by atoms with Gasteiger partial charge in [0.2, 0.25) is 0 Å². The van der Waals surface area contributed by atoms with Crippen molar-refractivity contribution in [1.82, 2.24) is 9.88 Å². The van der Waals surface area contributed by atoms with Crippen LogP contribution >= 0.6 is 22.9 Å². The van der Waals surface area contributed by atoms with Gasteiger partial charge in [-0.3, -0.25) is 9.78 Å². The first-order valence-corrected chi connectivity index (χ1v) is 9.02. The molecule has 0 aliphatic carbocycles. The number of halogens is 1. The fraction of sp³-hybridized carbons (Fsp3) is 0.158. The van der Waals surface area contributed by atoms with Gasteiger partial charge in [-0.25, -0.2) is 0 Å². The van der Waals surface area contributed by atoms with E-state index in [1.54, 1.807) is 48.0 Å². The summed E-state index contributed by atoms with van der Waals surface area (Å²) in [4.78, 5) is 20.5. The van der Waals surface area contributed by atoms with Crippen LogP contribution in [-0.2, 0) is 6.42 Å². The number of amides is 1. The molecule has 24 heavy (non-hydrogen) atoms. The second-order valence-electron chi connectivity index (χ2n) is 5.74. The van der Waals surface area contributed by atoms with Crippen LogP contribution in [0.2, 0.25) is 5.02 Å². The van der Waals surface area contributed by atoms with Gasteiger partial charge in [-0.15, -0.1) is 11.3 Å². The largest absolute Gasteiger partial charge is 0.327 e. The molecular formula is C19H15ClN2OS. The summed E-state index contributed by atoms with van der Waals surface area (Å²) >= 11 is 7.71. The summed E-state index contributed by atoms with van der Waals surface area (Å²) in [5, 5.41) is 2.74. The Hall–Kier alpha value is -2.17. The molecule has 1 aliphatic rings. The molecule has 1 aliphatic heterocycles. The average molecular weight is 355 g/mol. The zero-order valence-corrected chi connectivity index (χ0v) is 14.4. The Kier molecular flexibility index (Phi) is 4.08. The molecular weight excluding hydrogens is 340 g/mol. The number of pyridine rings is 1. The minimum absolute atomic E-state index is 0.0327. The monoisotopic (exact) mass is 354 g/mol. The summed E-state index contributed by atoms with van der Waals surface area (Å²) in [5.41, 5.74) is 2.98. The van der Waals surface area contributed by atoms with Crippen LogP contribution in [-0.4, -0.2) is 22.3 Å². The molecule has 1 unspecified atom stereocenters. The molecule has 0 saturated carbocycles. The average Bonchev–Trinajstić information content (AvgIpc) is 3.10. The highest BCUT2D eigenvalue weighted by Gasteiger charge is 2.33. The Morgan fingerprint density at radius 2 is 1.88 bits per heavy atom. The van der Waals surface area contributed by atoms with E-state index in [1.807, 2.05) is 17.0 Å². The van der Waals surface area contributed by atoms with E-state index < -0.39 is 0 Å². The molecule has 120 valence electrons. The van der Waals surface area contributed by atoms with Gasteiger partial charge in [0.25, 0.3) is 5.91 Å². The Bertz CT molecular complexity index is 861. The molecule has 3 aromatic rings. The third-order valence-electron chi connectivity index (χ3n) is 4.34. The lowest BCUT2D eigenvalue weighted by atomic mass is 9.93. The molecule has 0 N–H and O–H groups in total. The van der Waals surface area contributed by atoms with E-state index in [9.17, 15) is 4.79 Å². The standard InChI is InChI=1S/C19H15ClN2OS/c20-15-3-1-14(2-4-15)19(23)22-11-7-17-16(8-12-24-17)18(22)13-5-9-21-10-6-13/h1-6,8-10,12,18H,7,11H2. The van der Waals surface area contributed by atoms with Crippen LogP contribution in [0.5, 0.6) is 0 Å². The number of nitrogens with zero attached hydrogens (tertiary/aromatic N) is 2. The summed E-state index contributed by atoms with van der Waals surface area (Å²) in [7, 11) is 0. The van der Waals surface area contributed by atoms with Crippen molar-refractivity contribution in [3.8, 4) is 0 Å². The Morgan fingerprint density at radius 3 is 2.62 bits per heavy atom. The molecule has 0 spiro atoms.